The Balaban J connectivity index is 2.26. The first-order valence-electron chi connectivity index (χ1n) is 5.32. The van der Waals surface area contributed by atoms with Gasteiger partial charge in [-0.2, -0.15) is 0 Å². The average molecular weight is 221 g/mol. The fraction of sp³-hybridized carbons (Fsp3) is 0.417. The number of ether oxygens (including phenoxy) is 1. The Labute approximate surface area is 94.2 Å². The molecule has 1 amide bonds. The topological polar surface area (TPSA) is 58.6 Å². The van der Waals surface area contributed by atoms with E-state index in [1.165, 1.54) is 0 Å². The smallest absolute Gasteiger partial charge is 0.222 e. The molecule has 16 heavy (non-hydrogen) atoms. The van der Waals surface area contributed by atoms with E-state index in [1.807, 2.05) is 24.3 Å². The van der Waals surface area contributed by atoms with E-state index in [1.54, 1.807) is 7.11 Å². The van der Waals surface area contributed by atoms with E-state index in [0.717, 1.165) is 11.3 Å². The van der Waals surface area contributed by atoms with Crippen LogP contribution in [0.4, 0.5) is 0 Å². The van der Waals surface area contributed by atoms with Gasteiger partial charge < -0.3 is 15.2 Å². The van der Waals surface area contributed by atoms with Gasteiger partial charge in [-0.25, -0.2) is 0 Å². The van der Waals surface area contributed by atoms with Gasteiger partial charge in [0.05, 0.1) is 7.11 Å². The molecule has 1 aliphatic heterocycles. The Morgan fingerprint density at radius 1 is 1.44 bits per heavy atom. The molecule has 0 bridgehead atoms. The highest BCUT2D eigenvalue weighted by Crippen LogP contribution is 2.33. The number of methoxy groups -OCH3 is 1. The molecule has 0 radical (unpaired) electrons. The van der Waals surface area contributed by atoms with Crippen LogP contribution in [0.5, 0.6) is 5.75 Å². The zero-order chi connectivity index (χ0) is 11.5. The number of benzene rings is 1. The first kappa shape index (κ1) is 11.0. The summed E-state index contributed by atoms with van der Waals surface area (Å²) in [6, 6.07) is 7.57. The van der Waals surface area contributed by atoms with Crippen LogP contribution in [0.2, 0.25) is 0 Å². The molecule has 1 aliphatic rings. The van der Waals surface area contributed by atoms with Crippen molar-refractivity contribution in [3.05, 3.63) is 29.8 Å². The van der Waals surface area contributed by atoms with Crippen LogP contribution in [0.1, 0.15) is 24.3 Å². The first-order chi connectivity index (χ1) is 7.72. The molecule has 1 saturated heterocycles. The molecule has 1 aromatic rings. The largest absolute Gasteiger partial charge is 0.496 e. The second-order valence-electron chi connectivity index (χ2n) is 3.90. The molecule has 1 fully saturated rings. The molecular weight excluding hydrogens is 206 g/mol. The molecule has 0 spiro atoms. The van der Waals surface area contributed by atoms with Crippen LogP contribution in [0, 0.1) is 0 Å². The standard InChI is InChI=1S/C12H15NO3/c1-16-10-5-3-2-4-8(10)9-6-7-11(14)13-12(9)15/h2-5,9,12,15H,6-7H2,1H3,(H,13,14). The van der Waals surface area contributed by atoms with E-state index in [0.29, 0.717) is 12.8 Å². The molecule has 1 heterocycles. The number of aliphatic hydroxyl groups excluding tert-OH is 1. The lowest BCUT2D eigenvalue weighted by Crippen LogP contribution is -2.43. The van der Waals surface area contributed by atoms with Crippen molar-refractivity contribution in [1.29, 1.82) is 0 Å². The summed E-state index contributed by atoms with van der Waals surface area (Å²) in [7, 11) is 1.60. The van der Waals surface area contributed by atoms with Crippen molar-refractivity contribution in [2.75, 3.05) is 7.11 Å². The number of para-hydroxylation sites is 1. The fourth-order valence-electron chi connectivity index (χ4n) is 2.08. The predicted octanol–water partition coefficient (Wildman–Crippen LogP) is 1.01. The number of nitrogens with one attached hydrogen (secondary N) is 1. The quantitative estimate of drug-likeness (QED) is 0.783. The zero-order valence-corrected chi connectivity index (χ0v) is 9.14. The van der Waals surface area contributed by atoms with Gasteiger partial charge in [-0.05, 0) is 12.5 Å². The predicted molar refractivity (Wildman–Crippen MR) is 59.1 cm³/mol. The van der Waals surface area contributed by atoms with Gasteiger partial charge in [0, 0.05) is 17.9 Å². The van der Waals surface area contributed by atoms with Crippen molar-refractivity contribution in [3.8, 4) is 5.75 Å². The summed E-state index contributed by atoms with van der Waals surface area (Å²) in [5.41, 5.74) is 0.942. The minimum Gasteiger partial charge on any atom is -0.496 e. The Hall–Kier alpha value is -1.55. The second kappa shape index (κ2) is 4.53. The SMILES string of the molecule is COc1ccccc1C1CCC(=O)NC1O. The van der Waals surface area contributed by atoms with Crippen LogP contribution in [0.3, 0.4) is 0 Å². The highest BCUT2D eigenvalue weighted by Gasteiger charge is 2.29. The van der Waals surface area contributed by atoms with Crippen LogP contribution in [0.15, 0.2) is 24.3 Å². The lowest BCUT2D eigenvalue weighted by Gasteiger charge is -2.29. The number of carbonyl (C=O) groups is 1. The normalized spacial score (nSPS) is 25.0. The molecule has 2 rings (SSSR count). The van der Waals surface area contributed by atoms with Crippen molar-refractivity contribution in [3.63, 3.8) is 0 Å². The maximum Gasteiger partial charge on any atom is 0.222 e. The van der Waals surface area contributed by atoms with Crippen LogP contribution in [0.25, 0.3) is 0 Å². The minimum atomic E-state index is -0.822. The summed E-state index contributed by atoms with van der Waals surface area (Å²) in [5, 5.41) is 12.4. The van der Waals surface area contributed by atoms with Crippen molar-refractivity contribution in [2.45, 2.75) is 25.0 Å². The highest BCUT2D eigenvalue weighted by atomic mass is 16.5. The molecule has 4 heteroatoms. The van der Waals surface area contributed by atoms with Gasteiger partial charge >= 0.3 is 0 Å². The molecule has 0 aliphatic carbocycles. The molecular formula is C12H15NO3. The van der Waals surface area contributed by atoms with Gasteiger partial charge in [0.2, 0.25) is 5.91 Å². The van der Waals surface area contributed by atoms with Gasteiger partial charge in [0.15, 0.2) is 0 Å². The molecule has 2 N–H and O–H groups in total. The lowest BCUT2D eigenvalue weighted by atomic mass is 9.89. The second-order valence-corrected chi connectivity index (χ2v) is 3.90. The number of aliphatic hydroxyl groups is 1. The van der Waals surface area contributed by atoms with Gasteiger partial charge in [-0.1, -0.05) is 18.2 Å². The molecule has 0 aromatic heterocycles. The third kappa shape index (κ3) is 2.02. The van der Waals surface area contributed by atoms with Crippen LogP contribution >= 0.6 is 0 Å². The van der Waals surface area contributed by atoms with E-state index in [-0.39, 0.29) is 11.8 Å². The molecule has 2 unspecified atom stereocenters. The van der Waals surface area contributed by atoms with Gasteiger partial charge in [0.25, 0.3) is 0 Å². The third-order valence-electron chi connectivity index (χ3n) is 2.91. The average Bonchev–Trinajstić information content (AvgIpc) is 2.29. The molecule has 1 aromatic carbocycles. The van der Waals surface area contributed by atoms with Crippen LogP contribution in [-0.2, 0) is 4.79 Å². The van der Waals surface area contributed by atoms with Crippen molar-refractivity contribution < 1.29 is 14.6 Å². The molecule has 4 nitrogen and oxygen atoms in total. The Kier molecular flexibility index (Phi) is 3.10. The summed E-state index contributed by atoms with van der Waals surface area (Å²) in [6.45, 7) is 0. The van der Waals surface area contributed by atoms with Crippen molar-refractivity contribution in [2.24, 2.45) is 0 Å². The van der Waals surface area contributed by atoms with E-state index in [2.05, 4.69) is 5.32 Å². The summed E-state index contributed by atoms with van der Waals surface area (Å²) in [4.78, 5) is 11.1. The van der Waals surface area contributed by atoms with E-state index >= 15 is 0 Å². The fourth-order valence-corrected chi connectivity index (χ4v) is 2.08. The van der Waals surface area contributed by atoms with Crippen molar-refractivity contribution in [1.82, 2.24) is 5.32 Å². The molecule has 2 atom stereocenters. The number of amides is 1. The third-order valence-corrected chi connectivity index (χ3v) is 2.91. The van der Waals surface area contributed by atoms with Crippen LogP contribution in [-0.4, -0.2) is 24.4 Å². The monoisotopic (exact) mass is 221 g/mol. The Morgan fingerprint density at radius 3 is 2.88 bits per heavy atom. The van der Waals surface area contributed by atoms with Gasteiger partial charge in [0.1, 0.15) is 12.0 Å². The summed E-state index contributed by atoms with van der Waals surface area (Å²) in [5.74, 6) is 0.565. The number of hydrogen-bond acceptors (Lipinski definition) is 3. The maximum absolute atomic E-state index is 11.1. The van der Waals surface area contributed by atoms with Gasteiger partial charge in [-0.15, -0.1) is 0 Å². The number of piperidine rings is 1. The number of rotatable bonds is 2. The summed E-state index contributed by atoms with van der Waals surface area (Å²) < 4.78 is 5.25. The van der Waals surface area contributed by atoms with Crippen molar-refractivity contribution >= 4 is 5.91 Å². The Bertz CT molecular complexity index is 392. The minimum absolute atomic E-state index is 0.0890. The van der Waals surface area contributed by atoms with Crippen LogP contribution < -0.4 is 10.1 Å². The van der Waals surface area contributed by atoms with E-state index in [9.17, 15) is 9.90 Å². The summed E-state index contributed by atoms with van der Waals surface area (Å²) in [6.07, 6.45) is 0.269. The maximum atomic E-state index is 11.1. The molecule has 86 valence electrons. The van der Waals surface area contributed by atoms with E-state index < -0.39 is 6.23 Å². The lowest BCUT2D eigenvalue weighted by molar-refractivity contribution is -0.127. The number of carbonyl (C=O) groups excluding carboxylic acids is 1. The van der Waals surface area contributed by atoms with Gasteiger partial charge in [-0.3, -0.25) is 4.79 Å². The molecule has 0 saturated carbocycles. The van der Waals surface area contributed by atoms with E-state index in [4.69, 9.17) is 4.74 Å². The zero-order valence-electron chi connectivity index (χ0n) is 9.14. The highest BCUT2D eigenvalue weighted by molar-refractivity contribution is 5.77. The Morgan fingerprint density at radius 2 is 2.19 bits per heavy atom. The summed E-state index contributed by atoms with van der Waals surface area (Å²) >= 11 is 0. The first-order valence-corrected chi connectivity index (χ1v) is 5.32. The number of hydrogen-bond donors (Lipinski definition) is 2.